The van der Waals surface area contributed by atoms with Gasteiger partial charge in [-0.05, 0) is 29.0 Å². The average molecular weight is 325 g/mol. The fourth-order valence-corrected chi connectivity index (χ4v) is 3.01. The van der Waals surface area contributed by atoms with Gasteiger partial charge in [-0.2, -0.15) is 0 Å². The van der Waals surface area contributed by atoms with Crippen LogP contribution in [0.15, 0.2) is 30.3 Å². The number of methoxy groups -OCH3 is 1. The minimum Gasteiger partial charge on any atom is -0.497 e. The summed E-state index contributed by atoms with van der Waals surface area (Å²) in [4.78, 5) is 11.1. The number of benzene rings is 1. The van der Waals surface area contributed by atoms with Gasteiger partial charge in [0.05, 0.1) is 13.0 Å². The number of carbonyl (C=O) groups is 1. The molecule has 0 aliphatic heterocycles. The van der Waals surface area contributed by atoms with Crippen LogP contribution >= 0.6 is 15.9 Å². The standard InChI is InChI=1S/C15H17BrO3/c1-15(2)11(13(15)14(17)18)8-12(16)9-4-6-10(19-3)7-5-9/h4-8,11,13H,1-3H3,(H,17,18). The molecule has 0 spiro atoms. The largest absolute Gasteiger partial charge is 0.497 e. The van der Waals surface area contributed by atoms with E-state index in [9.17, 15) is 4.79 Å². The Kier molecular flexibility index (Phi) is 3.72. The number of ether oxygens (including phenoxy) is 1. The van der Waals surface area contributed by atoms with Gasteiger partial charge >= 0.3 is 5.97 Å². The van der Waals surface area contributed by atoms with Crippen molar-refractivity contribution in [3.05, 3.63) is 35.9 Å². The molecule has 102 valence electrons. The number of carboxylic acids is 1. The number of aliphatic carboxylic acids is 1. The summed E-state index contributed by atoms with van der Waals surface area (Å²) in [6.07, 6.45) is 2.00. The van der Waals surface area contributed by atoms with E-state index in [1.165, 1.54) is 0 Å². The van der Waals surface area contributed by atoms with Gasteiger partial charge in [0, 0.05) is 4.48 Å². The van der Waals surface area contributed by atoms with Crippen LogP contribution in [0.2, 0.25) is 0 Å². The zero-order valence-electron chi connectivity index (χ0n) is 11.2. The van der Waals surface area contributed by atoms with Crippen LogP contribution in [0.4, 0.5) is 0 Å². The summed E-state index contributed by atoms with van der Waals surface area (Å²) in [7, 11) is 1.63. The van der Waals surface area contributed by atoms with Crippen LogP contribution in [0, 0.1) is 17.3 Å². The van der Waals surface area contributed by atoms with Crippen molar-refractivity contribution in [3.8, 4) is 5.75 Å². The fourth-order valence-electron chi connectivity index (χ4n) is 2.46. The van der Waals surface area contributed by atoms with Crippen LogP contribution in [-0.2, 0) is 4.79 Å². The molecule has 2 atom stereocenters. The Balaban J connectivity index is 2.17. The van der Waals surface area contributed by atoms with Crippen molar-refractivity contribution in [2.24, 2.45) is 17.3 Å². The summed E-state index contributed by atoms with van der Waals surface area (Å²) in [5, 5.41) is 9.15. The highest BCUT2D eigenvalue weighted by Crippen LogP contribution is 2.60. The highest BCUT2D eigenvalue weighted by atomic mass is 79.9. The van der Waals surface area contributed by atoms with E-state index in [2.05, 4.69) is 15.9 Å². The molecule has 0 radical (unpaired) electrons. The SMILES string of the molecule is COc1ccc(C(Br)=CC2C(C(=O)O)C2(C)C)cc1. The molecule has 19 heavy (non-hydrogen) atoms. The second-order valence-electron chi connectivity index (χ2n) is 5.41. The Morgan fingerprint density at radius 1 is 1.37 bits per heavy atom. The average Bonchev–Trinajstić information content (AvgIpc) is 2.91. The Bertz CT molecular complexity index is 517. The molecule has 4 heteroatoms. The highest BCUT2D eigenvalue weighted by Gasteiger charge is 2.60. The second kappa shape index (κ2) is 5.00. The summed E-state index contributed by atoms with van der Waals surface area (Å²) >= 11 is 3.53. The van der Waals surface area contributed by atoms with Crippen molar-refractivity contribution in [2.45, 2.75) is 13.8 Å². The van der Waals surface area contributed by atoms with E-state index in [1.807, 2.05) is 44.2 Å². The van der Waals surface area contributed by atoms with E-state index in [0.29, 0.717) is 0 Å². The van der Waals surface area contributed by atoms with E-state index < -0.39 is 5.97 Å². The van der Waals surface area contributed by atoms with Gasteiger partial charge in [-0.3, -0.25) is 4.79 Å². The molecule has 1 saturated carbocycles. The molecule has 1 aliphatic carbocycles. The molecular formula is C15H17BrO3. The van der Waals surface area contributed by atoms with Gasteiger partial charge in [0.2, 0.25) is 0 Å². The number of rotatable bonds is 4. The van der Waals surface area contributed by atoms with Crippen molar-refractivity contribution >= 4 is 26.4 Å². The normalized spacial score (nSPS) is 24.9. The maximum atomic E-state index is 11.1. The minimum atomic E-state index is -0.721. The molecule has 0 heterocycles. The first-order valence-corrected chi connectivity index (χ1v) is 6.91. The van der Waals surface area contributed by atoms with Crippen LogP contribution < -0.4 is 4.74 Å². The molecule has 0 aromatic heterocycles. The molecule has 3 nitrogen and oxygen atoms in total. The van der Waals surface area contributed by atoms with Gasteiger partial charge in [0.15, 0.2) is 0 Å². The molecule has 0 saturated heterocycles. The van der Waals surface area contributed by atoms with Crippen molar-refractivity contribution in [1.82, 2.24) is 0 Å². The van der Waals surface area contributed by atoms with Gasteiger partial charge in [0.25, 0.3) is 0 Å². The highest BCUT2D eigenvalue weighted by molar-refractivity contribution is 9.15. The third-order valence-electron chi connectivity index (χ3n) is 3.87. The Hall–Kier alpha value is -1.29. The molecule has 1 fully saturated rings. The van der Waals surface area contributed by atoms with Gasteiger partial charge in [-0.25, -0.2) is 0 Å². The molecule has 2 rings (SSSR count). The maximum absolute atomic E-state index is 11.1. The summed E-state index contributed by atoms with van der Waals surface area (Å²) in [5.41, 5.74) is 0.852. The van der Waals surface area contributed by atoms with Crippen LogP contribution in [0.1, 0.15) is 19.4 Å². The predicted octanol–water partition coefficient (Wildman–Crippen LogP) is 3.79. The second-order valence-corrected chi connectivity index (χ2v) is 6.26. The molecule has 1 N–H and O–H groups in total. The van der Waals surface area contributed by atoms with E-state index in [1.54, 1.807) is 7.11 Å². The molecule has 0 amide bonds. The fraction of sp³-hybridized carbons (Fsp3) is 0.400. The van der Waals surface area contributed by atoms with Crippen molar-refractivity contribution in [3.63, 3.8) is 0 Å². The molecule has 1 aromatic rings. The summed E-state index contributed by atoms with van der Waals surface area (Å²) in [6.45, 7) is 3.97. The van der Waals surface area contributed by atoms with Gasteiger partial charge in [-0.1, -0.05) is 48.0 Å². The first-order valence-electron chi connectivity index (χ1n) is 6.12. The van der Waals surface area contributed by atoms with Crippen LogP contribution in [-0.4, -0.2) is 18.2 Å². The Morgan fingerprint density at radius 3 is 2.37 bits per heavy atom. The zero-order chi connectivity index (χ0) is 14.2. The first kappa shape index (κ1) is 14.1. The van der Waals surface area contributed by atoms with Gasteiger partial charge in [-0.15, -0.1) is 0 Å². The minimum absolute atomic E-state index is 0.0708. The van der Waals surface area contributed by atoms with Crippen molar-refractivity contribution < 1.29 is 14.6 Å². The third kappa shape index (κ3) is 2.68. The zero-order valence-corrected chi connectivity index (χ0v) is 12.8. The summed E-state index contributed by atoms with van der Waals surface area (Å²) in [6, 6.07) is 7.67. The number of carboxylic acid groups (broad SMARTS) is 1. The van der Waals surface area contributed by atoms with Gasteiger partial charge in [0.1, 0.15) is 5.75 Å². The lowest BCUT2D eigenvalue weighted by Crippen LogP contribution is -2.02. The number of hydrogen-bond acceptors (Lipinski definition) is 2. The monoisotopic (exact) mass is 324 g/mol. The van der Waals surface area contributed by atoms with E-state index in [0.717, 1.165) is 15.8 Å². The third-order valence-corrected chi connectivity index (χ3v) is 4.59. The van der Waals surface area contributed by atoms with E-state index in [4.69, 9.17) is 9.84 Å². The molecule has 1 aliphatic rings. The van der Waals surface area contributed by atoms with Gasteiger partial charge < -0.3 is 9.84 Å². The van der Waals surface area contributed by atoms with E-state index >= 15 is 0 Å². The lowest BCUT2D eigenvalue weighted by Gasteiger charge is -2.03. The first-order chi connectivity index (χ1) is 8.87. The number of hydrogen-bond donors (Lipinski definition) is 1. The Morgan fingerprint density at radius 2 is 1.95 bits per heavy atom. The van der Waals surface area contributed by atoms with Crippen molar-refractivity contribution in [2.75, 3.05) is 7.11 Å². The van der Waals surface area contributed by atoms with Crippen LogP contribution in [0.3, 0.4) is 0 Å². The number of halogens is 1. The maximum Gasteiger partial charge on any atom is 0.307 e. The lowest BCUT2D eigenvalue weighted by atomic mass is 10.1. The van der Waals surface area contributed by atoms with Crippen molar-refractivity contribution in [1.29, 1.82) is 0 Å². The predicted molar refractivity (Wildman–Crippen MR) is 78.3 cm³/mol. The topological polar surface area (TPSA) is 46.5 Å². The summed E-state index contributed by atoms with van der Waals surface area (Å²) < 4.78 is 6.04. The Labute approximate surface area is 121 Å². The van der Waals surface area contributed by atoms with Crippen LogP contribution in [0.25, 0.3) is 4.48 Å². The molecule has 1 aromatic carbocycles. The molecule has 0 bridgehead atoms. The lowest BCUT2D eigenvalue weighted by molar-refractivity contribution is -0.139. The van der Waals surface area contributed by atoms with Crippen LogP contribution in [0.5, 0.6) is 5.75 Å². The molecular weight excluding hydrogens is 308 g/mol. The smallest absolute Gasteiger partial charge is 0.307 e. The molecule has 2 unspecified atom stereocenters. The summed E-state index contributed by atoms with van der Waals surface area (Å²) in [5.74, 6) is -0.139. The number of allylic oxidation sites excluding steroid dienone is 1. The quantitative estimate of drug-likeness (QED) is 0.916. The van der Waals surface area contributed by atoms with E-state index in [-0.39, 0.29) is 17.3 Å².